The minimum atomic E-state index is -0.210. The van der Waals surface area contributed by atoms with Gasteiger partial charge in [-0.2, -0.15) is 0 Å². The van der Waals surface area contributed by atoms with E-state index in [9.17, 15) is 4.79 Å². The maximum Gasteiger partial charge on any atom is 0.315 e. The lowest BCUT2D eigenvalue weighted by atomic mass is 10.2. The number of nitrogens with zero attached hydrogens (tertiary/aromatic N) is 3. The smallest absolute Gasteiger partial charge is 0.315 e. The quantitative estimate of drug-likeness (QED) is 0.860. The van der Waals surface area contributed by atoms with Gasteiger partial charge in [0.2, 0.25) is 0 Å². The molecule has 7 nitrogen and oxygen atoms in total. The Morgan fingerprint density at radius 2 is 2.08 bits per heavy atom. The fourth-order valence-electron chi connectivity index (χ4n) is 2.41. The molecule has 24 heavy (non-hydrogen) atoms. The summed E-state index contributed by atoms with van der Waals surface area (Å²) in [5.74, 6) is 0.949. The molecule has 0 radical (unpaired) electrons. The van der Waals surface area contributed by atoms with E-state index in [1.54, 1.807) is 17.5 Å². The lowest BCUT2D eigenvalue weighted by Crippen LogP contribution is -2.36. The molecule has 3 heterocycles. The van der Waals surface area contributed by atoms with Crippen molar-refractivity contribution in [1.29, 1.82) is 0 Å². The second kappa shape index (κ2) is 8.07. The van der Waals surface area contributed by atoms with Gasteiger partial charge in [0.15, 0.2) is 0 Å². The zero-order valence-corrected chi connectivity index (χ0v) is 14.4. The summed E-state index contributed by atoms with van der Waals surface area (Å²) in [5, 5.41) is 8.57. The molecule has 0 saturated carbocycles. The van der Waals surface area contributed by atoms with Crippen LogP contribution in [0.5, 0.6) is 0 Å². The maximum absolute atomic E-state index is 11.8. The molecule has 3 rings (SSSR count). The number of carbonyl (C=O) groups excluding carboxylic acids is 1. The number of hydrogen-bond acceptors (Lipinski definition) is 6. The van der Waals surface area contributed by atoms with Crippen LogP contribution < -0.4 is 15.5 Å². The predicted octanol–water partition coefficient (Wildman–Crippen LogP) is 1.68. The Balaban J connectivity index is 1.43. The standard InChI is InChI=1S/C16H21N5O2S/c1-12-20-14(11-24-12)10-19-16(22)18-9-13-2-3-15(17-8-13)21-4-6-23-7-5-21/h2-3,8,11H,4-7,9-10H2,1H3,(H2,18,19,22). The van der Waals surface area contributed by atoms with Crippen molar-refractivity contribution in [1.82, 2.24) is 20.6 Å². The first kappa shape index (κ1) is 16.7. The number of aromatic nitrogens is 2. The summed E-state index contributed by atoms with van der Waals surface area (Å²) in [7, 11) is 0. The van der Waals surface area contributed by atoms with Gasteiger partial charge in [0, 0.05) is 31.2 Å². The Bertz CT molecular complexity index is 667. The fraction of sp³-hybridized carbons (Fsp3) is 0.438. The van der Waals surface area contributed by atoms with Gasteiger partial charge < -0.3 is 20.3 Å². The number of morpholine rings is 1. The van der Waals surface area contributed by atoms with E-state index < -0.39 is 0 Å². The van der Waals surface area contributed by atoms with Gasteiger partial charge in [-0.1, -0.05) is 6.07 Å². The van der Waals surface area contributed by atoms with E-state index in [1.807, 2.05) is 24.4 Å². The highest BCUT2D eigenvalue weighted by Gasteiger charge is 2.12. The second-order valence-electron chi connectivity index (χ2n) is 5.52. The van der Waals surface area contributed by atoms with Crippen molar-refractivity contribution in [2.45, 2.75) is 20.0 Å². The zero-order valence-electron chi connectivity index (χ0n) is 13.6. The number of nitrogens with one attached hydrogen (secondary N) is 2. The Morgan fingerprint density at radius 3 is 2.75 bits per heavy atom. The number of aryl methyl sites for hydroxylation is 1. The van der Waals surface area contributed by atoms with Crippen LogP contribution in [0.1, 0.15) is 16.3 Å². The summed E-state index contributed by atoms with van der Waals surface area (Å²) < 4.78 is 5.34. The first-order valence-corrected chi connectivity index (χ1v) is 8.79. The number of rotatable bonds is 5. The van der Waals surface area contributed by atoms with Crippen LogP contribution in [0.4, 0.5) is 10.6 Å². The third kappa shape index (κ3) is 4.65. The molecule has 1 aliphatic rings. The van der Waals surface area contributed by atoms with Crippen molar-refractivity contribution in [2.24, 2.45) is 0 Å². The van der Waals surface area contributed by atoms with E-state index in [0.717, 1.165) is 48.4 Å². The Kier molecular flexibility index (Phi) is 5.60. The van der Waals surface area contributed by atoms with Crippen molar-refractivity contribution in [3.8, 4) is 0 Å². The number of carbonyl (C=O) groups is 1. The van der Waals surface area contributed by atoms with E-state index in [2.05, 4.69) is 25.5 Å². The third-order valence-corrected chi connectivity index (χ3v) is 4.52. The third-order valence-electron chi connectivity index (χ3n) is 3.69. The summed E-state index contributed by atoms with van der Waals surface area (Å²) in [6.45, 7) is 6.03. The molecule has 2 aromatic rings. The second-order valence-corrected chi connectivity index (χ2v) is 6.58. The number of thiazole rings is 1. The van der Waals surface area contributed by atoms with Crippen LogP contribution in [0, 0.1) is 6.92 Å². The van der Waals surface area contributed by atoms with Crippen LogP contribution in [0.15, 0.2) is 23.7 Å². The van der Waals surface area contributed by atoms with Crippen molar-refractivity contribution in [3.05, 3.63) is 40.0 Å². The van der Waals surface area contributed by atoms with E-state index >= 15 is 0 Å². The monoisotopic (exact) mass is 347 g/mol. The molecule has 2 amide bonds. The summed E-state index contributed by atoms with van der Waals surface area (Å²) >= 11 is 1.58. The molecule has 0 atom stereocenters. The number of anilines is 1. The number of ether oxygens (including phenoxy) is 1. The number of pyridine rings is 1. The molecule has 1 aliphatic heterocycles. The molecule has 0 unspecified atom stereocenters. The van der Waals surface area contributed by atoms with Gasteiger partial charge in [-0.15, -0.1) is 11.3 Å². The van der Waals surface area contributed by atoms with Crippen LogP contribution in [-0.2, 0) is 17.8 Å². The first-order valence-electron chi connectivity index (χ1n) is 7.91. The molecule has 0 aromatic carbocycles. The van der Waals surface area contributed by atoms with E-state index in [-0.39, 0.29) is 6.03 Å². The van der Waals surface area contributed by atoms with Crippen LogP contribution in [0.3, 0.4) is 0 Å². The topological polar surface area (TPSA) is 79.4 Å². The summed E-state index contributed by atoms with van der Waals surface area (Å²) in [6.07, 6.45) is 1.80. The highest BCUT2D eigenvalue weighted by molar-refractivity contribution is 7.09. The van der Waals surface area contributed by atoms with Crippen LogP contribution in [0.25, 0.3) is 0 Å². The van der Waals surface area contributed by atoms with Crippen LogP contribution in [-0.4, -0.2) is 42.3 Å². The molecule has 2 N–H and O–H groups in total. The molecule has 1 fully saturated rings. The first-order chi connectivity index (χ1) is 11.7. The number of hydrogen-bond donors (Lipinski definition) is 2. The normalized spacial score (nSPS) is 14.5. The lowest BCUT2D eigenvalue weighted by Gasteiger charge is -2.27. The van der Waals surface area contributed by atoms with E-state index in [1.165, 1.54) is 0 Å². The lowest BCUT2D eigenvalue weighted by molar-refractivity contribution is 0.122. The number of amides is 2. The van der Waals surface area contributed by atoms with Gasteiger partial charge in [-0.05, 0) is 18.6 Å². The van der Waals surface area contributed by atoms with Crippen LogP contribution >= 0.6 is 11.3 Å². The van der Waals surface area contributed by atoms with Crippen molar-refractivity contribution >= 4 is 23.2 Å². The molecule has 8 heteroatoms. The minimum Gasteiger partial charge on any atom is -0.378 e. The fourth-order valence-corrected chi connectivity index (χ4v) is 3.02. The molecule has 0 aliphatic carbocycles. The Morgan fingerprint density at radius 1 is 1.29 bits per heavy atom. The maximum atomic E-state index is 11.8. The minimum absolute atomic E-state index is 0.210. The molecule has 2 aromatic heterocycles. The Labute approximate surface area is 145 Å². The molecule has 128 valence electrons. The highest BCUT2D eigenvalue weighted by atomic mass is 32.1. The van der Waals surface area contributed by atoms with Gasteiger partial charge in [0.25, 0.3) is 0 Å². The van der Waals surface area contributed by atoms with E-state index in [4.69, 9.17) is 4.74 Å². The average molecular weight is 347 g/mol. The summed E-state index contributed by atoms with van der Waals surface area (Å²) in [4.78, 5) is 22.8. The zero-order chi connectivity index (χ0) is 16.8. The SMILES string of the molecule is Cc1nc(CNC(=O)NCc2ccc(N3CCOCC3)nc2)cs1. The van der Waals surface area contributed by atoms with E-state index in [0.29, 0.717) is 13.1 Å². The van der Waals surface area contributed by atoms with Gasteiger partial charge in [-0.3, -0.25) is 0 Å². The van der Waals surface area contributed by atoms with Gasteiger partial charge in [-0.25, -0.2) is 14.8 Å². The summed E-state index contributed by atoms with van der Waals surface area (Å²) in [5.41, 5.74) is 1.84. The highest BCUT2D eigenvalue weighted by Crippen LogP contribution is 2.13. The van der Waals surface area contributed by atoms with Crippen LogP contribution in [0.2, 0.25) is 0 Å². The molecule has 0 bridgehead atoms. The van der Waals surface area contributed by atoms with Gasteiger partial charge in [0.05, 0.1) is 30.5 Å². The van der Waals surface area contributed by atoms with Gasteiger partial charge in [0.1, 0.15) is 5.82 Å². The molecule has 0 spiro atoms. The van der Waals surface area contributed by atoms with Crippen molar-refractivity contribution < 1.29 is 9.53 Å². The van der Waals surface area contributed by atoms with Gasteiger partial charge >= 0.3 is 6.03 Å². The molecule has 1 saturated heterocycles. The predicted molar refractivity (Wildman–Crippen MR) is 93.2 cm³/mol. The van der Waals surface area contributed by atoms with Crippen molar-refractivity contribution in [3.63, 3.8) is 0 Å². The molecular formula is C16H21N5O2S. The summed E-state index contributed by atoms with van der Waals surface area (Å²) in [6, 6.07) is 3.76. The average Bonchev–Trinajstić information content (AvgIpc) is 3.05. The Hall–Kier alpha value is -2.19. The molecular weight excluding hydrogens is 326 g/mol. The largest absolute Gasteiger partial charge is 0.378 e. The number of urea groups is 1. The van der Waals surface area contributed by atoms with Crippen molar-refractivity contribution in [2.75, 3.05) is 31.2 Å².